The number of carbonyl (C=O) groups is 1. The van der Waals surface area contributed by atoms with Crippen molar-refractivity contribution in [3.8, 4) is 11.5 Å². The highest BCUT2D eigenvalue weighted by molar-refractivity contribution is 6.04. The van der Waals surface area contributed by atoms with Gasteiger partial charge in [-0.2, -0.15) is 0 Å². The van der Waals surface area contributed by atoms with Crippen molar-refractivity contribution >= 4 is 23.2 Å². The highest BCUT2D eigenvalue weighted by Crippen LogP contribution is 2.33. The zero-order chi connectivity index (χ0) is 19.3. The van der Waals surface area contributed by atoms with Crippen molar-refractivity contribution in [2.45, 2.75) is 13.3 Å². The molecule has 3 aromatic rings. The maximum absolute atomic E-state index is 12.5. The zero-order valence-corrected chi connectivity index (χ0v) is 15.4. The molecule has 4 rings (SSSR count). The molecular formula is C21H20N4O3. The Bertz CT molecular complexity index is 989. The molecule has 0 radical (unpaired) electrons. The minimum absolute atomic E-state index is 0.244. The van der Waals surface area contributed by atoms with Gasteiger partial charge in [0, 0.05) is 29.8 Å². The molecule has 1 aliphatic rings. The van der Waals surface area contributed by atoms with Gasteiger partial charge in [0.1, 0.15) is 13.2 Å². The average Bonchev–Trinajstić information content (AvgIpc) is 2.74. The van der Waals surface area contributed by atoms with E-state index >= 15 is 0 Å². The van der Waals surface area contributed by atoms with Crippen molar-refractivity contribution in [1.29, 1.82) is 0 Å². The number of carbonyl (C=O) groups excluding carboxylic acids is 1. The fourth-order valence-electron chi connectivity index (χ4n) is 2.91. The van der Waals surface area contributed by atoms with E-state index in [0.29, 0.717) is 30.5 Å². The molecule has 7 heteroatoms. The molecular weight excluding hydrogens is 356 g/mol. The number of para-hydroxylation sites is 1. The monoisotopic (exact) mass is 376 g/mol. The largest absolute Gasteiger partial charge is 0.486 e. The summed E-state index contributed by atoms with van der Waals surface area (Å²) in [6.45, 7) is 3.12. The molecule has 2 N–H and O–H groups in total. The number of anilines is 3. The summed E-state index contributed by atoms with van der Waals surface area (Å²) in [7, 11) is 0. The predicted molar refractivity (Wildman–Crippen MR) is 107 cm³/mol. The van der Waals surface area contributed by atoms with Gasteiger partial charge in [0.15, 0.2) is 11.5 Å². The number of fused-ring (bicyclic) bond motifs is 1. The first-order valence-electron chi connectivity index (χ1n) is 9.11. The molecule has 142 valence electrons. The number of amides is 1. The Morgan fingerprint density at radius 3 is 2.57 bits per heavy atom. The number of aromatic nitrogens is 2. The van der Waals surface area contributed by atoms with Gasteiger partial charge >= 0.3 is 0 Å². The van der Waals surface area contributed by atoms with Gasteiger partial charge in [-0.1, -0.05) is 25.1 Å². The molecule has 0 unspecified atom stereocenters. The molecule has 0 fully saturated rings. The highest BCUT2D eigenvalue weighted by atomic mass is 16.6. The lowest BCUT2D eigenvalue weighted by Crippen LogP contribution is -2.15. The summed E-state index contributed by atoms with van der Waals surface area (Å²) in [6, 6.07) is 13.3. The number of hydrogen-bond donors (Lipinski definition) is 2. The molecule has 2 heterocycles. The van der Waals surface area contributed by atoms with E-state index < -0.39 is 0 Å². The number of aryl methyl sites for hydroxylation is 1. The molecule has 0 aliphatic carbocycles. The molecule has 1 amide bonds. The van der Waals surface area contributed by atoms with Crippen LogP contribution in [0.3, 0.4) is 0 Å². The topological polar surface area (TPSA) is 85.4 Å². The molecule has 28 heavy (non-hydrogen) atoms. The Balaban J connectivity index is 1.44. The number of rotatable bonds is 5. The third-order valence-corrected chi connectivity index (χ3v) is 4.36. The summed E-state index contributed by atoms with van der Waals surface area (Å²) < 4.78 is 11.1. The quantitative estimate of drug-likeness (QED) is 0.704. The van der Waals surface area contributed by atoms with Crippen LogP contribution in [-0.2, 0) is 6.42 Å². The van der Waals surface area contributed by atoms with E-state index in [2.05, 4.69) is 20.6 Å². The van der Waals surface area contributed by atoms with Crippen LogP contribution in [0.2, 0.25) is 0 Å². The van der Waals surface area contributed by atoms with Crippen LogP contribution >= 0.6 is 0 Å². The molecule has 0 spiro atoms. The number of nitrogens with one attached hydrogen (secondary N) is 2. The Morgan fingerprint density at radius 1 is 1.04 bits per heavy atom. The lowest BCUT2D eigenvalue weighted by molar-refractivity contribution is 0.102. The minimum Gasteiger partial charge on any atom is -0.486 e. The van der Waals surface area contributed by atoms with Gasteiger partial charge in [0.2, 0.25) is 5.95 Å². The maximum Gasteiger partial charge on any atom is 0.258 e. The third kappa shape index (κ3) is 3.88. The first kappa shape index (κ1) is 17.8. The van der Waals surface area contributed by atoms with Crippen LogP contribution in [-0.4, -0.2) is 29.1 Å². The van der Waals surface area contributed by atoms with E-state index in [-0.39, 0.29) is 5.91 Å². The third-order valence-electron chi connectivity index (χ3n) is 4.36. The first-order chi connectivity index (χ1) is 13.7. The lowest BCUT2D eigenvalue weighted by Gasteiger charge is -2.19. The van der Waals surface area contributed by atoms with Crippen molar-refractivity contribution in [1.82, 2.24) is 9.97 Å². The van der Waals surface area contributed by atoms with Gasteiger partial charge in [-0.25, -0.2) is 9.97 Å². The molecule has 1 aliphatic heterocycles. The number of nitrogens with zero attached hydrogens (tertiary/aromatic N) is 2. The van der Waals surface area contributed by atoms with E-state index in [4.69, 9.17) is 9.47 Å². The summed E-state index contributed by atoms with van der Waals surface area (Å²) >= 11 is 0. The maximum atomic E-state index is 12.5. The molecule has 0 atom stereocenters. The Morgan fingerprint density at radius 2 is 1.79 bits per heavy atom. The SMILES string of the molecule is CCc1ccccc1NC(=O)c1cnc(Nc2ccc3c(c2)OCCO3)nc1. The van der Waals surface area contributed by atoms with Crippen molar-refractivity contribution < 1.29 is 14.3 Å². The van der Waals surface area contributed by atoms with Crippen LogP contribution < -0.4 is 20.1 Å². The molecule has 0 saturated heterocycles. The summed E-state index contributed by atoms with van der Waals surface area (Å²) in [5.74, 6) is 1.55. The lowest BCUT2D eigenvalue weighted by atomic mass is 10.1. The predicted octanol–water partition coefficient (Wildman–Crippen LogP) is 3.81. The van der Waals surface area contributed by atoms with Crippen LogP contribution in [0.5, 0.6) is 11.5 Å². The second kappa shape index (κ2) is 7.96. The Kier molecular flexibility index (Phi) is 5.05. The van der Waals surface area contributed by atoms with Crippen LogP contribution in [0, 0.1) is 0 Å². The van der Waals surface area contributed by atoms with Crippen LogP contribution in [0.4, 0.5) is 17.3 Å². The molecule has 0 bridgehead atoms. The summed E-state index contributed by atoms with van der Waals surface area (Å²) in [6.07, 6.45) is 3.83. The Hall–Kier alpha value is -3.61. The van der Waals surface area contributed by atoms with E-state index in [1.54, 1.807) is 0 Å². The first-order valence-corrected chi connectivity index (χ1v) is 9.11. The van der Waals surface area contributed by atoms with Gasteiger partial charge in [-0.3, -0.25) is 4.79 Å². The highest BCUT2D eigenvalue weighted by Gasteiger charge is 2.13. The minimum atomic E-state index is -0.244. The summed E-state index contributed by atoms with van der Waals surface area (Å²) in [5, 5.41) is 6.01. The smallest absolute Gasteiger partial charge is 0.258 e. The molecule has 0 saturated carbocycles. The second-order valence-electron chi connectivity index (χ2n) is 6.24. The van der Waals surface area contributed by atoms with Crippen molar-refractivity contribution in [3.63, 3.8) is 0 Å². The van der Waals surface area contributed by atoms with Crippen molar-refractivity contribution in [2.75, 3.05) is 23.8 Å². The van der Waals surface area contributed by atoms with E-state index in [0.717, 1.165) is 29.1 Å². The van der Waals surface area contributed by atoms with Gasteiger partial charge < -0.3 is 20.1 Å². The van der Waals surface area contributed by atoms with E-state index in [1.165, 1.54) is 12.4 Å². The number of benzene rings is 2. The van der Waals surface area contributed by atoms with E-state index in [9.17, 15) is 4.79 Å². The molecule has 2 aromatic carbocycles. The van der Waals surface area contributed by atoms with Crippen LogP contribution in [0.1, 0.15) is 22.8 Å². The number of hydrogen-bond acceptors (Lipinski definition) is 6. The summed E-state index contributed by atoms with van der Waals surface area (Å²) in [4.78, 5) is 20.9. The number of ether oxygens (including phenoxy) is 2. The molecule has 1 aromatic heterocycles. The van der Waals surface area contributed by atoms with E-state index in [1.807, 2.05) is 49.4 Å². The van der Waals surface area contributed by atoms with Crippen molar-refractivity contribution in [3.05, 3.63) is 66.0 Å². The van der Waals surface area contributed by atoms with Gasteiger partial charge in [0.25, 0.3) is 5.91 Å². The normalized spacial score (nSPS) is 12.3. The van der Waals surface area contributed by atoms with Crippen LogP contribution in [0.15, 0.2) is 54.9 Å². The van der Waals surface area contributed by atoms with Gasteiger partial charge in [-0.05, 0) is 30.2 Å². The van der Waals surface area contributed by atoms with Crippen molar-refractivity contribution in [2.24, 2.45) is 0 Å². The van der Waals surface area contributed by atoms with Crippen LogP contribution in [0.25, 0.3) is 0 Å². The second-order valence-corrected chi connectivity index (χ2v) is 6.24. The zero-order valence-electron chi connectivity index (χ0n) is 15.4. The fraction of sp³-hybridized carbons (Fsp3) is 0.190. The molecule has 7 nitrogen and oxygen atoms in total. The Labute approximate surface area is 162 Å². The fourth-order valence-corrected chi connectivity index (χ4v) is 2.91. The summed E-state index contributed by atoms with van der Waals surface area (Å²) in [5.41, 5.74) is 3.04. The standard InChI is InChI=1S/C21H20N4O3/c1-2-14-5-3-4-6-17(14)25-20(26)15-12-22-21(23-13-15)24-16-7-8-18-19(11-16)28-10-9-27-18/h3-8,11-13H,2,9-10H2,1H3,(H,25,26)(H,22,23,24). The average molecular weight is 376 g/mol. The van der Waals surface area contributed by atoms with Gasteiger partial charge in [-0.15, -0.1) is 0 Å². The van der Waals surface area contributed by atoms with Gasteiger partial charge in [0.05, 0.1) is 5.56 Å².